The predicted octanol–water partition coefficient (Wildman–Crippen LogP) is 2.42. The molecule has 136 valence electrons. The molecule has 23 heavy (non-hydrogen) atoms. The Morgan fingerprint density at radius 1 is 1.26 bits per heavy atom. The van der Waals surface area contributed by atoms with Crippen molar-refractivity contribution in [2.24, 2.45) is 4.99 Å². The maximum absolute atomic E-state index is 12.0. The summed E-state index contributed by atoms with van der Waals surface area (Å²) in [7, 11) is 1.13. The number of nitrogens with zero attached hydrogens (tertiary/aromatic N) is 1. The van der Waals surface area contributed by atoms with Crippen molar-refractivity contribution in [2.45, 2.75) is 69.3 Å². The first-order valence-corrected chi connectivity index (χ1v) is 10.1. The normalized spacial score (nSPS) is 30.2. The molecule has 0 aromatic rings. The van der Waals surface area contributed by atoms with E-state index in [0.717, 1.165) is 57.0 Å². The maximum Gasteiger partial charge on any atom is 0.191 e. The third kappa shape index (κ3) is 7.25. The molecule has 0 bridgehead atoms. The zero-order valence-electron chi connectivity index (χ0n) is 14.4. The Labute approximate surface area is 160 Å². The summed E-state index contributed by atoms with van der Waals surface area (Å²) in [6.07, 6.45) is 8.24. The van der Waals surface area contributed by atoms with Gasteiger partial charge in [-0.1, -0.05) is 13.3 Å². The fourth-order valence-electron chi connectivity index (χ4n) is 3.32. The zero-order valence-corrected chi connectivity index (χ0v) is 17.5. The molecule has 1 aliphatic heterocycles. The van der Waals surface area contributed by atoms with E-state index in [2.05, 4.69) is 15.6 Å². The van der Waals surface area contributed by atoms with Crippen LogP contribution < -0.4 is 10.6 Å². The van der Waals surface area contributed by atoms with Gasteiger partial charge in [0, 0.05) is 48.0 Å². The number of ether oxygens (including phenoxy) is 1. The molecule has 0 aromatic carbocycles. The van der Waals surface area contributed by atoms with Crippen molar-refractivity contribution in [2.75, 3.05) is 26.0 Å². The number of rotatable bonds is 5. The monoisotopic (exact) mass is 457 g/mol. The van der Waals surface area contributed by atoms with E-state index in [-0.39, 0.29) is 24.0 Å². The number of aliphatic imine (C=N–C) groups is 1. The summed E-state index contributed by atoms with van der Waals surface area (Å²) < 4.78 is 17.8. The molecule has 2 fully saturated rings. The summed E-state index contributed by atoms with van der Waals surface area (Å²) >= 11 is 0. The fraction of sp³-hybridized carbons (Fsp3) is 0.938. The van der Waals surface area contributed by atoms with Gasteiger partial charge in [-0.25, -0.2) is 0 Å². The van der Waals surface area contributed by atoms with Crippen LogP contribution in [0.5, 0.6) is 0 Å². The molecular weight excluding hydrogens is 425 g/mol. The van der Waals surface area contributed by atoms with Crippen molar-refractivity contribution in [3.8, 4) is 0 Å². The third-order valence-corrected chi connectivity index (χ3v) is 6.36. The van der Waals surface area contributed by atoms with Crippen LogP contribution in [-0.2, 0) is 15.5 Å². The van der Waals surface area contributed by atoms with Crippen LogP contribution in [0.3, 0.4) is 0 Å². The van der Waals surface area contributed by atoms with Gasteiger partial charge in [0.15, 0.2) is 5.96 Å². The van der Waals surface area contributed by atoms with E-state index < -0.39 is 10.8 Å². The molecule has 0 amide bonds. The number of guanidine groups is 1. The lowest BCUT2D eigenvalue weighted by molar-refractivity contribution is 0.0194. The second-order valence-corrected chi connectivity index (χ2v) is 8.25. The summed E-state index contributed by atoms with van der Waals surface area (Å²) in [5.74, 6) is 1.62. The van der Waals surface area contributed by atoms with Gasteiger partial charge in [-0.15, -0.1) is 24.0 Å². The van der Waals surface area contributed by atoms with E-state index in [9.17, 15) is 4.21 Å². The Morgan fingerprint density at radius 2 is 2.09 bits per heavy atom. The molecule has 4 unspecified atom stereocenters. The molecule has 2 aliphatic rings. The SMILES string of the molecule is CCS(=O)C1CCCC(NC(=NC)NCC2CCCCO2)C1.I. The van der Waals surface area contributed by atoms with Crippen LogP contribution in [-0.4, -0.2) is 53.5 Å². The summed E-state index contributed by atoms with van der Waals surface area (Å²) in [5.41, 5.74) is 0. The maximum atomic E-state index is 12.0. The van der Waals surface area contributed by atoms with Crippen LogP contribution in [0.15, 0.2) is 4.99 Å². The van der Waals surface area contributed by atoms with Gasteiger partial charge >= 0.3 is 0 Å². The van der Waals surface area contributed by atoms with Crippen LogP contribution in [0.2, 0.25) is 0 Å². The Bertz CT molecular complexity index is 390. The molecule has 0 radical (unpaired) electrons. The first-order chi connectivity index (χ1) is 10.7. The molecular formula is C16H32IN3O2S. The van der Waals surface area contributed by atoms with Crippen LogP contribution in [0.4, 0.5) is 0 Å². The Hall–Kier alpha value is 0.110. The summed E-state index contributed by atoms with van der Waals surface area (Å²) in [6, 6.07) is 0.382. The van der Waals surface area contributed by atoms with Gasteiger partial charge in [0.25, 0.3) is 0 Å². The van der Waals surface area contributed by atoms with Gasteiger partial charge in [0.05, 0.1) is 6.10 Å². The van der Waals surface area contributed by atoms with E-state index in [1.165, 1.54) is 12.8 Å². The average molecular weight is 457 g/mol. The molecule has 1 aliphatic carbocycles. The van der Waals surface area contributed by atoms with Gasteiger partial charge in [-0.2, -0.15) is 0 Å². The van der Waals surface area contributed by atoms with Crippen molar-refractivity contribution in [1.29, 1.82) is 0 Å². The first kappa shape index (κ1) is 21.2. The average Bonchev–Trinajstić information content (AvgIpc) is 2.59. The topological polar surface area (TPSA) is 62.7 Å². The molecule has 7 heteroatoms. The second kappa shape index (κ2) is 11.6. The standard InChI is InChI=1S/C16H31N3O2S.HI/c1-3-22(20)15-9-6-7-13(11-15)19-16(17-2)18-12-14-8-4-5-10-21-14;/h13-15H,3-12H2,1-2H3,(H2,17,18,19);1H. The summed E-state index contributed by atoms with van der Waals surface area (Å²) in [5, 5.41) is 7.23. The molecule has 2 N–H and O–H groups in total. The van der Waals surface area contributed by atoms with Crippen molar-refractivity contribution in [3.63, 3.8) is 0 Å². The lowest BCUT2D eigenvalue weighted by Gasteiger charge is -2.31. The van der Waals surface area contributed by atoms with E-state index >= 15 is 0 Å². The highest BCUT2D eigenvalue weighted by Gasteiger charge is 2.26. The van der Waals surface area contributed by atoms with Crippen molar-refractivity contribution in [1.82, 2.24) is 10.6 Å². The lowest BCUT2D eigenvalue weighted by atomic mass is 9.95. The lowest BCUT2D eigenvalue weighted by Crippen LogP contribution is -2.48. The van der Waals surface area contributed by atoms with E-state index in [4.69, 9.17) is 4.74 Å². The van der Waals surface area contributed by atoms with Gasteiger partial charge in [0.1, 0.15) is 0 Å². The number of hydrogen-bond donors (Lipinski definition) is 2. The van der Waals surface area contributed by atoms with Gasteiger partial charge < -0.3 is 15.4 Å². The number of hydrogen-bond acceptors (Lipinski definition) is 3. The van der Waals surface area contributed by atoms with Crippen molar-refractivity contribution < 1.29 is 8.95 Å². The van der Waals surface area contributed by atoms with Crippen molar-refractivity contribution >= 4 is 40.7 Å². The van der Waals surface area contributed by atoms with Gasteiger partial charge in [-0.3, -0.25) is 9.20 Å². The molecule has 0 aromatic heterocycles. The minimum Gasteiger partial charge on any atom is -0.376 e. The molecule has 1 saturated heterocycles. The summed E-state index contributed by atoms with van der Waals surface area (Å²) in [4.78, 5) is 4.32. The third-order valence-electron chi connectivity index (χ3n) is 4.62. The zero-order chi connectivity index (χ0) is 15.8. The molecule has 1 heterocycles. The van der Waals surface area contributed by atoms with Crippen LogP contribution in [0, 0.1) is 0 Å². The first-order valence-electron chi connectivity index (χ1n) is 8.69. The Kier molecular flexibility index (Phi) is 10.7. The highest BCUT2D eigenvalue weighted by Crippen LogP contribution is 2.23. The minimum atomic E-state index is -0.679. The Morgan fingerprint density at radius 3 is 2.74 bits per heavy atom. The highest BCUT2D eigenvalue weighted by atomic mass is 127. The van der Waals surface area contributed by atoms with Gasteiger partial charge in [-0.05, 0) is 38.5 Å². The van der Waals surface area contributed by atoms with Crippen LogP contribution in [0.25, 0.3) is 0 Å². The summed E-state index contributed by atoms with van der Waals surface area (Å²) in [6.45, 7) is 3.71. The molecule has 0 spiro atoms. The molecule has 2 rings (SSSR count). The van der Waals surface area contributed by atoms with Crippen LogP contribution >= 0.6 is 24.0 Å². The van der Waals surface area contributed by atoms with Crippen molar-refractivity contribution in [3.05, 3.63) is 0 Å². The largest absolute Gasteiger partial charge is 0.376 e. The molecule has 4 atom stereocenters. The molecule has 1 saturated carbocycles. The number of halogens is 1. The number of nitrogens with one attached hydrogen (secondary N) is 2. The van der Waals surface area contributed by atoms with Gasteiger partial charge in [0.2, 0.25) is 0 Å². The van der Waals surface area contributed by atoms with E-state index in [1.54, 1.807) is 0 Å². The van der Waals surface area contributed by atoms with E-state index in [1.807, 2.05) is 14.0 Å². The molecule has 5 nitrogen and oxygen atoms in total. The Balaban J connectivity index is 0.00000264. The minimum absolute atomic E-state index is 0. The second-order valence-electron chi connectivity index (χ2n) is 6.24. The van der Waals surface area contributed by atoms with E-state index in [0.29, 0.717) is 17.4 Å². The quantitative estimate of drug-likeness (QED) is 0.378. The smallest absolute Gasteiger partial charge is 0.191 e. The highest BCUT2D eigenvalue weighted by molar-refractivity contribution is 14.0. The van der Waals surface area contributed by atoms with Crippen LogP contribution in [0.1, 0.15) is 51.9 Å². The fourth-order valence-corrected chi connectivity index (χ4v) is 4.67. The predicted molar refractivity (Wildman–Crippen MR) is 108 cm³/mol.